The van der Waals surface area contributed by atoms with Crippen molar-refractivity contribution in [2.75, 3.05) is 20.8 Å². The molecule has 2 aromatic rings. The monoisotopic (exact) mass is 341 g/mol. The molecule has 1 amide bonds. The lowest BCUT2D eigenvalue weighted by Gasteiger charge is -2.13. The molecule has 0 atom stereocenters. The van der Waals surface area contributed by atoms with Crippen LogP contribution in [0.5, 0.6) is 11.5 Å². The van der Waals surface area contributed by atoms with E-state index in [9.17, 15) is 4.79 Å². The summed E-state index contributed by atoms with van der Waals surface area (Å²) in [4.78, 5) is 16.3. The second-order valence-electron chi connectivity index (χ2n) is 5.34. The highest BCUT2D eigenvalue weighted by atomic mass is 16.5. The molecule has 2 N–H and O–H groups in total. The predicted molar refractivity (Wildman–Crippen MR) is 96.5 cm³/mol. The molecule has 1 aromatic heterocycles. The van der Waals surface area contributed by atoms with E-state index >= 15 is 0 Å². The Morgan fingerprint density at radius 2 is 2.00 bits per heavy atom. The first kappa shape index (κ1) is 18.3. The van der Waals surface area contributed by atoms with E-state index in [0.717, 1.165) is 11.3 Å². The molecular weight excluding hydrogens is 318 g/mol. The zero-order valence-electron chi connectivity index (χ0n) is 14.5. The van der Waals surface area contributed by atoms with Crippen LogP contribution in [0.3, 0.4) is 0 Å². The van der Waals surface area contributed by atoms with Gasteiger partial charge in [-0.15, -0.1) is 0 Å². The highest BCUT2D eigenvalue weighted by Crippen LogP contribution is 2.24. The molecule has 0 aliphatic carbocycles. The molecular formula is C19H23N3O3. The Bertz CT molecular complexity index is 717. The number of nitrogens with one attached hydrogen (secondary N) is 2. The number of aromatic nitrogens is 1. The number of carbonyl (C=O) groups is 1. The number of hydrogen-bond donors (Lipinski definition) is 2. The Morgan fingerprint density at radius 3 is 2.68 bits per heavy atom. The van der Waals surface area contributed by atoms with Gasteiger partial charge in [0, 0.05) is 43.0 Å². The lowest BCUT2D eigenvalue weighted by Crippen LogP contribution is -2.32. The lowest BCUT2D eigenvalue weighted by atomic mass is 10.2. The number of benzene rings is 1. The summed E-state index contributed by atoms with van der Waals surface area (Å²) >= 11 is 0. The minimum atomic E-state index is -0.233. The van der Waals surface area contributed by atoms with Gasteiger partial charge in [0.2, 0.25) is 0 Å². The normalized spacial score (nSPS) is 10.0. The van der Waals surface area contributed by atoms with Crippen molar-refractivity contribution in [3.8, 4) is 11.5 Å². The van der Waals surface area contributed by atoms with Crippen LogP contribution in [-0.2, 0) is 17.8 Å². The fourth-order valence-electron chi connectivity index (χ4n) is 2.24. The van der Waals surface area contributed by atoms with Crippen LogP contribution in [0, 0.1) is 0 Å². The van der Waals surface area contributed by atoms with Gasteiger partial charge in [-0.05, 0) is 24.3 Å². The highest BCUT2D eigenvalue weighted by Gasteiger charge is 2.09. The number of carbonyl (C=O) groups excluding carboxylic acids is 1. The summed E-state index contributed by atoms with van der Waals surface area (Å²) in [5, 5.41) is 5.84. The number of hydrogen-bond acceptors (Lipinski definition) is 5. The fraction of sp³-hybridized carbons (Fsp3) is 0.263. The minimum absolute atomic E-state index is 0.233. The van der Waals surface area contributed by atoms with E-state index in [1.165, 1.54) is 0 Å². The molecule has 0 saturated heterocycles. The summed E-state index contributed by atoms with van der Waals surface area (Å²) in [5.74, 6) is 1.17. The largest absolute Gasteiger partial charge is 0.497 e. The predicted octanol–water partition coefficient (Wildman–Crippen LogP) is 2.06. The Balaban J connectivity index is 1.80. The van der Waals surface area contributed by atoms with Gasteiger partial charge >= 0.3 is 0 Å². The molecule has 0 radical (unpaired) electrons. The molecule has 0 spiro atoms. The summed E-state index contributed by atoms with van der Waals surface area (Å²) in [7, 11) is 3.20. The maximum absolute atomic E-state index is 12.1. The van der Waals surface area contributed by atoms with Crippen molar-refractivity contribution in [2.45, 2.75) is 13.0 Å². The molecule has 0 unspecified atom stereocenters. The van der Waals surface area contributed by atoms with Crippen LogP contribution in [0.1, 0.15) is 11.3 Å². The van der Waals surface area contributed by atoms with Crippen LogP contribution in [0.15, 0.2) is 54.9 Å². The molecule has 132 valence electrons. The first-order valence-corrected chi connectivity index (χ1v) is 7.96. The molecule has 1 heterocycles. The third-order valence-electron chi connectivity index (χ3n) is 3.65. The highest BCUT2D eigenvalue weighted by molar-refractivity contribution is 5.92. The molecule has 0 fully saturated rings. The van der Waals surface area contributed by atoms with Crippen LogP contribution in [-0.4, -0.2) is 31.7 Å². The van der Waals surface area contributed by atoms with E-state index in [2.05, 4.69) is 22.2 Å². The van der Waals surface area contributed by atoms with Crippen molar-refractivity contribution in [2.24, 2.45) is 0 Å². The number of ether oxygens (including phenoxy) is 2. The average Bonchev–Trinajstić information content (AvgIpc) is 2.66. The smallest absolute Gasteiger partial charge is 0.266 e. The number of amides is 1. The standard InChI is InChI=1S/C19H23N3O3/c1-14(19(23)21-11-9-16-6-4-5-10-20-16)22-13-15-7-8-17(24-2)12-18(15)25-3/h4-8,10,12,22H,1,9,11,13H2,2-3H3,(H,21,23). The molecule has 0 bridgehead atoms. The molecule has 0 saturated carbocycles. The second kappa shape index (κ2) is 9.32. The van der Waals surface area contributed by atoms with Crippen molar-refractivity contribution in [3.63, 3.8) is 0 Å². The summed E-state index contributed by atoms with van der Waals surface area (Å²) in [6.45, 7) is 4.71. The van der Waals surface area contributed by atoms with Crippen molar-refractivity contribution >= 4 is 5.91 Å². The Hall–Kier alpha value is -3.02. The maximum atomic E-state index is 12.1. The average molecular weight is 341 g/mol. The summed E-state index contributed by atoms with van der Waals surface area (Å²) in [6.07, 6.45) is 2.41. The lowest BCUT2D eigenvalue weighted by molar-refractivity contribution is -0.117. The number of nitrogens with zero attached hydrogens (tertiary/aromatic N) is 1. The van der Waals surface area contributed by atoms with Crippen LogP contribution in [0.25, 0.3) is 0 Å². The van der Waals surface area contributed by atoms with Gasteiger partial charge in [0.1, 0.15) is 11.5 Å². The maximum Gasteiger partial charge on any atom is 0.266 e. The van der Waals surface area contributed by atoms with E-state index in [0.29, 0.717) is 36.7 Å². The van der Waals surface area contributed by atoms with Gasteiger partial charge in [0.05, 0.1) is 19.9 Å². The molecule has 1 aromatic carbocycles. The Kier molecular flexibility index (Phi) is 6.83. The van der Waals surface area contributed by atoms with Crippen molar-refractivity contribution in [1.29, 1.82) is 0 Å². The molecule has 2 rings (SSSR count). The van der Waals surface area contributed by atoms with Crippen LogP contribution < -0.4 is 20.1 Å². The van der Waals surface area contributed by atoms with E-state index in [-0.39, 0.29) is 5.91 Å². The van der Waals surface area contributed by atoms with Crippen LogP contribution in [0.4, 0.5) is 0 Å². The van der Waals surface area contributed by atoms with Gasteiger partial charge < -0.3 is 20.1 Å². The minimum Gasteiger partial charge on any atom is -0.497 e. The third-order valence-corrected chi connectivity index (χ3v) is 3.65. The van der Waals surface area contributed by atoms with Crippen LogP contribution >= 0.6 is 0 Å². The van der Waals surface area contributed by atoms with Gasteiger partial charge in [-0.1, -0.05) is 12.6 Å². The zero-order chi connectivity index (χ0) is 18.1. The van der Waals surface area contributed by atoms with Crippen molar-refractivity contribution < 1.29 is 14.3 Å². The van der Waals surface area contributed by atoms with Gasteiger partial charge in [0.15, 0.2) is 0 Å². The Labute approximate surface area is 147 Å². The Morgan fingerprint density at radius 1 is 1.16 bits per heavy atom. The summed E-state index contributed by atoms with van der Waals surface area (Å²) < 4.78 is 10.5. The van der Waals surface area contributed by atoms with Gasteiger partial charge in [-0.3, -0.25) is 9.78 Å². The fourth-order valence-corrected chi connectivity index (χ4v) is 2.24. The molecule has 25 heavy (non-hydrogen) atoms. The molecule has 0 aliphatic heterocycles. The molecule has 6 nitrogen and oxygen atoms in total. The summed E-state index contributed by atoms with van der Waals surface area (Å²) in [6, 6.07) is 11.2. The van der Waals surface area contributed by atoms with Gasteiger partial charge in [-0.25, -0.2) is 0 Å². The van der Waals surface area contributed by atoms with Crippen LogP contribution in [0.2, 0.25) is 0 Å². The third kappa shape index (κ3) is 5.53. The van der Waals surface area contributed by atoms with Gasteiger partial charge in [-0.2, -0.15) is 0 Å². The number of methoxy groups -OCH3 is 2. The number of rotatable bonds is 9. The van der Waals surface area contributed by atoms with E-state index in [4.69, 9.17) is 9.47 Å². The van der Waals surface area contributed by atoms with E-state index in [1.807, 2.05) is 30.3 Å². The van der Waals surface area contributed by atoms with Crippen molar-refractivity contribution in [1.82, 2.24) is 15.6 Å². The zero-order valence-corrected chi connectivity index (χ0v) is 14.5. The molecule has 0 aliphatic rings. The SMILES string of the molecule is C=C(NCc1ccc(OC)cc1OC)C(=O)NCCc1ccccn1. The quantitative estimate of drug-likeness (QED) is 0.683. The van der Waals surface area contributed by atoms with Gasteiger partial charge in [0.25, 0.3) is 5.91 Å². The number of pyridine rings is 1. The summed E-state index contributed by atoms with van der Waals surface area (Å²) in [5.41, 5.74) is 2.15. The molecule has 6 heteroatoms. The van der Waals surface area contributed by atoms with Crippen molar-refractivity contribution in [3.05, 3.63) is 66.1 Å². The topological polar surface area (TPSA) is 72.5 Å². The second-order valence-corrected chi connectivity index (χ2v) is 5.34. The van der Waals surface area contributed by atoms with E-state index in [1.54, 1.807) is 26.5 Å². The van der Waals surface area contributed by atoms with E-state index < -0.39 is 0 Å². The first-order valence-electron chi connectivity index (χ1n) is 7.96. The first-order chi connectivity index (χ1) is 12.1.